The molecule has 0 radical (unpaired) electrons. The Morgan fingerprint density at radius 3 is 2.68 bits per heavy atom. The molecular weight excluding hydrogens is 274 g/mol. The number of benzene rings is 1. The molecule has 2 aromatic heterocycles. The summed E-state index contributed by atoms with van der Waals surface area (Å²) < 4.78 is 1.84. The van der Waals surface area contributed by atoms with Gasteiger partial charge >= 0.3 is 0 Å². The summed E-state index contributed by atoms with van der Waals surface area (Å²) >= 11 is 0. The fourth-order valence-corrected chi connectivity index (χ4v) is 2.62. The molecule has 5 heteroatoms. The van der Waals surface area contributed by atoms with Gasteiger partial charge in [-0.25, -0.2) is 4.98 Å². The van der Waals surface area contributed by atoms with Crippen LogP contribution in [0.3, 0.4) is 0 Å². The van der Waals surface area contributed by atoms with E-state index >= 15 is 0 Å². The maximum Gasteiger partial charge on any atom is 0.150 e. The average Bonchev–Trinajstić information content (AvgIpc) is 3.07. The van der Waals surface area contributed by atoms with E-state index < -0.39 is 0 Å². The Balaban J connectivity index is 1.54. The minimum Gasteiger partial charge on any atom is -0.275 e. The van der Waals surface area contributed by atoms with E-state index in [2.05, 4.69) is 44.5 Å². The van der Waals surface area contributed by atoms with Crippen LogP contribution in [0.5, 0.6) is 0 Å². The lowest BCUT2D eigenvalue weighted by Crippen LogP contribution is -1.94. The summed E-state index contributed by atoms with van der Waals surface area (Å²) in [6.45, 7) is 2.02. The van der Waals surface area contributed by atoms with Crippen LogP contribution in [0.4, 0.5) is 0 Å². The lowest BCUT2D eigenvalue weighted by atomic mass is 10.1. The fourth-order valence-electron chi connectivity index (χ4n) is 2.62. The SMILES string of the molecule is Cc1nn(C)cc1Cc1nc(CCCc2ccccc2)n[nH]1. The number of aromatic nitrogens is 5. The molecule has 0 unspecified atom stereocenters. The van der Waals surface area contributed by atoms with Crippen molar-refractivity contribution in [1.82, 2.24) is 25.0 Å². The van der Waals surface area contributed by atoms with Crippen LogP contribution >= 0.6 is 0 Å². The van der Waals surface area contributed by atoms with Crippen molar-refractivity contribution < 1.29 is 0 Å². The van der Waals surface area contributed by atoms with Gasteiger partial charge in [0.15, 0.2) is 5.82 Å². The molecule has 1 N–H and O–H groups in total. The molecule has 0 bridgehead atoms. The summed E-state index contributed by atoms with van der Waals surface area (Å²) in [5.41, 5.74) is 3.60. The van der Waals surface area contributed by atoms with Gasteiger partial charge < -0.3 is 0 Å². The smallest absolute Gasteiger partial charge is 0.150 e. The van der Waals surface area contributed by atoms with Gasteiger partial charge in [-0.05, 0) is 25.3 Å². The molecule has 0 atom stereocenters. The second-order valence-corrected chi connectivity index (χ2v) is 5.63. The first-order valence-electron chi connectivity index (χ1n) is 7.64. The molecule has 0 saturated carbocycles. The molecule has 22 heavy (non-hydrogen) atoms. The van der Waals surface area contributed by atoms with E-state index in [4.69, 9.17) is 0 Å². The van der Waals surface area contributed by atoms with Crippen LogP contribution in [0.25, 0.3) is 0 Å². The number of aryl methyl sites for hydroxylation is 4. The van der Waals surface area contributed by atoms with E-state index in [1.807, 2.05) is 30.9 Å². The van der Waals surface area contributed by atoms with Crippen molar-refractivity contribution in [2.24, 2.45) is 7.05 Å². The first-order chi connectivity index (χ1) is 10.7. The highest BCUT2D eigenvalue weighted by molar-refractivity contribution is 5.19. The van der Waals surface area contributed by atoms with Gasteiger partial charge in [0.25, 0.3) is 0 Å². The minimum atomic E-state index is 0.755. The van der Waals surface area contributed by atoms with Gasteiger partial charge in [-0.2, -0.15) is 10.2 Å². The van der Waals surface area contributed by atoms with Gasteiger partial charge in [-0.1, -0.05) is 30.3 Å². The molecule has 3 aromatic rings. The number of H-pyrrole nitrogens is 1. The first-order valence-corrected chi connectivity index (χ1v) is 7.64. The molecule has 0 fully saturated rings. The third kappa shape index (κ3) is 3.61. The maximum atomic E-state index is 4.58. The van der Waals surface area contributed by atoms with Crippen LogP contribution in [0, 0.1) is 6.92 Å². The molecule has 1 aromatic carbocycles. The summed E-state index contributed by atoms with van der Waals surface area (Å²) in [5, 5.41) is 11.7. The summed E-state index contributed by atoms with van der Waals surface area (Å²) in [6.07, 6.45) is 5.81. The monoisotopic (exact) mass is 295 g/mol. The highest BCUT2D eigenvalue weighted by Gasteiger charge is 2.08. The lowest BCUT2D eigenvalue weighted by Gasteiger charge is -1.98. The summed E-state index contributed by atoms with van der Waals surface area (Å²) in [4.78, 5) is 4.58. The van der Waals surface area contributed by atoms with Crippen molar-refractivity contribution in [2.75, 3.05) is 0 Å². The highest BCUT2D eigenvalue weighted by atomic mass is 15.3. The van der Waals surface area contributed by atoms with Gasteiger partial charge in [0.2, 0.25) is 0 Å². The standard InChI is InChI=1S/C17H21N5/c1-13-15(12-22(2)21-13)11-17-18-16(19-20-17)10-6-9-14-7-4-3-5-8-14/h3-5,7-8,12H,6,9-11H2,1-2H3,(H,18,19,20). The molecule has 0 spiro atoms. The van der Waals surface area contributed by atoms with Crippen molar-refractivity contribution in [3.63, 3.8) is 0 Å². The molecule has 0 aliphatic carbocycles. The molecule has 3 rings (SSSR count). The average molecular weight is 295 g/mol. The molecule has 0 aliphatic rings. The molecule has 114 valence electrons. The largest absolute Gasteiger partial charge is 0.275 e. The molecular formula is C17H21N5. The van der Waals surface area contributed by atoms with Crippen molar-refractivity contribution in [2.45, 2.75) is 32.6 Å². The van der Waals surface area contributed by atoms with Crippen LogP contribution in [0.15, 0.2) is 36.5 Å². The van der Waals surface area contributed by atoms with Crippen LogP contribution in [0.2, 0.25) is 0 Å². The number of aromatic amines is 1. The van der Waals surface area contributed by atoms with Gasteiger partial charge in [-0.3, -0.25) is 9.78 Å². The van der Waals surface area contributed by atoms with E-state index in [0.717, 1.165) is 43.0 Å². The van der Waals surface area contributed by atoms with Gasteiger partial charge in [-0.15, -0.1) is 0 Å². The number of hydrogen-bond acceptors (Lipinski definition) is 3. The summed E-state index contributed by atoms with van der Waals surface area (Å²) in [7, 11) is 1.94. The zero-order valence-corrected chi connectivity index (χ0v) is 13.1. The predicted molar refractivity (Wildman–Crippen MR) is 85.6 cm³/mol. The first kappa shape index (κ1) is 14.5. The van der Waals surface area contributed by atoms with Gasteiger partial charge in [0, 0.05) is 31.6 Å². The molecule has 0 amide bonds. The summed E-state index contributed by atoms with van der Waals surface area (Å²) in [6, 6.07) is 10.5. The topological polar surface area (TPSA) is 59.4 Å². The number of nitrogens with one attached hydrogen (secondary N) is 1. The highest BCUT2D eigenvalue weighted by Crippen LogP contribution is 2.10. The fraction of sp³-hybridized carbons (Fsp3) is 0.353. The number of nitrogens with zero attached hydrogens (tertiary/aromatic N) is 4. The molecule has 2 heterocycles. The summed E-state index contributed by atoms with van der Waals surface area (Å²) in [5.74, 6) is 1.80. The minimum absolute atomic E-state index is 0.755. The zero-order chi connectivity index (χ0) is 15.4. The van der Waals surface area contributed by atoms with E-state index in [1.54, 1.807) is 0 Å². The Kier molecular flexibility index (Phi) is 4.32. The van der Waals surface area contributed by atoms with Crippen molar-refractivity contribution >= 4 is 0 Å². The molecule has 5 nitrogen and oxygen atoms in total. The second kappa shape index (κ2) is 6.56. The Morgan fingerprint density at radius 2 is 1.95 bits per heavy atom. The molecule has 0 aliphatic heterocycles. The van der Waals surface area contributed by atoms with Gasteiger partial charge in [0.1, 0.15) is 5.82 Å². The van der Waals surface area contributed by atoms with E-state index in [-0.39, 0.29) is 0 Å². The normalized spacial score (nSPS) is 11.0. The Labute approximate surface area is 130 Å². The molecule has 0 saturated heterocycles. The van der Waals surface area contributed by atoms with Gasteiger partial charge in [0.05, 0.1) is 5.69 Å². The third-order valence-electron chi connectivity index (χ3n) is 3.76. The quantitative estimate of drug-likeness (QED) is 0.760. The van der Waals surface area contributed by atoms with Crippen molar-refractivity contribution in [3.8, 4) is 0 Å². The number of hydrogen-bond donors (Lipinski definition) is 1. The maximum absolute atomic E-state index is 4.58. The van der Waals surface area contributed by atoms with E-state index in [0.29, 0.717) is 0 Å². The zero-order valence-electron chi connectivity index (χ0n) is 13.1. The Bertz CT molecular complexity index is 727. The van der Waals surface area contributed by atoms with E-state index in [9.17, 15) is 0 Å². The van der Waals surface area contributed by atoms with Crippen LogP contribution in [0.1, 0.15) is 34.9 Å². The predicted octanol–water partition coefficient (Wildman–Crippen LogP) is 2.61. The van der Waals surface area contributed by atoms with Crippen molar-refractivity contribution in [3.05, 3.63) is 65.0 Å². The van der Waals surface area contributed by atoms with Crippen LogP contribution in [-0.2, 0) is 26.3 Å². The van der Waals surface area contributed by atoms with Crippen molar-refractivity contribution in [1.29, 1.82) is 0 Å². The number of rotatable bonds is 6. The van der Waals surface area contributed by atoms with Crippen LogP contribution < -0.4 is 0 Å². The third-order valence-corrected chi connectivity index (χ3v) is 3.76. The Morgan fingerprint density at radius 1 is 1.14 bits per heavy atom. The Hall–Kier alpha value is -2.43. The van der Waals surface area contributed by atoms with Crippen LogP contribution in [-0.4, -0.2) is 25.0 Å². The lowest BCUT2D eigenvalue weighted by molar-refractivity contribution is 0.756. The second-order valence-electron chi connectivity index (χ2n) is 5.63. The van der Waals surface area contributed by atoms with E-state index in [1.165, 1.54) is 11.1 Å².